The van der Waals surface area contributed by atoms with Gasteiger partial charge in [-0.3, -0.25) is 4.68 Å². The number of carboxylic acid groups (broad SMARTS) is 1. The summed E-state index contributed by atoms with van der Waals surface area (Å²) in [6.07, 6.45) is 5.23. The maximum atomic E-state index is 11.9. The largest absolute Gasteiger partial charge is 0.480 e. The zero-order valence-electron chi connectivity index (χ0n) is 11.0. The van der Waals surface area contributed by atoms with E-state index in [-0.39, 0.29) is 11.9 Å². The minimum Gasteiger partial charge on any atom is -0.480 e. The first kappa shape index (κ1) is 13.4. The summed E-state index contributed by atoms with van der Waals surface area (Å²) >= 11 is 0. The van der Waals surface area contributed by atoms with E-state index in [1.165, 1.54) is 4.90 Å². The molecule has 0 aromatic carbocycles. The molecule has 7 heteroatoms. The van der Waals surface area contributed by atoms with Crippen LogP contribution in [0, 0.1) is 5.92 Å². The predicted octanol–water partition coefficient (Wildman–Crippen LogP) is 0.425. The Morgan fingerprint density at radius 3 is 2.79 bits per heavy atom. The molecule has 2 amide bonds. The van der Waals surface area contributed by atoms with Gasteiger partial charge >= 0.3 is 12.0 Å². The van der Waals surface area contributed by atoms with E-state index >= 15 is 0 Å². The Kier molecular flexibility index (Phi) is 3.73. The maximum Gasteiger partial charge on any atom is 0.326 e. The molecule has 2 N–H and O–H groups in total. The summed E-state index contributed by atoms with van der Waals surface area (Å²) in [5.74, 6) is -0.890. The van der Waals surface area contributed by atoms with Gasteiger partial charge in [0, 0.05) is 25.9 Å². The summed E-state index contributed by atoms with van der Waals surface area (Å²) in [7, 11) is 3.44. The smallest absolute Gasteiger partial charge is 0.326 e. The number of hydrogen-bond acceptors (Lipinski definition) is 3. The summed E-state index contributed by atoms with van der Waals surface area (Å²) in [5.41, 5.74) is 0.901. The van der Waals surface area contributed by atoms with Crippen molar-refractivity contribution in [1.82, 2.24) is 20.0 Å². The second kappa shape index (κ2) is 5.29. The van der Waals surface area contributed by atoms with Gasteiger partial charge in [0.1, 0.15) is 6.04 Å². The summed E-state index contributed by atoms with van der Waals surface area (Å²) in [6.45, 7) is 0.399. The molecule has 1 atom stereocenters. The highest BCUT2D eigenvalue weighted by molar-refractivity contribution is 5.83. The van der Waals surface area contributed by atoms with Crippen molar-refractivity contribution in [3.8, 4) is 0 Å². The first-order valence-electron chi connectivity index (χ1n) is 6.19. The highest BCUT2D eigenvalue weighted by Crippen LogP contribution is 2.32. The normalized spacial score (nSPS) is 15.9. The molecular weight excluding hydrogens is 248 g/mol. The number of urea groups is 1. The average Bonchev–Trinajstić information content (AvgIpc) is 3.09. The molecular formula is C12H18N4O3. The van der Waals surface area contributed by atoms with E-state index in [1.807, 2.05) is 6.20 Å². The van der Waals surface area contributed by atoms with Crippen molar-refractivity contribution in [2.75, 3.05) is 7.05 Å². The third-order valence-electron chi connectivity index (χ3n) is 3.16. The van der Waals surface area contributed by atoms with Gasteiger partial charge < -0.3 is 15.3 Å². The van der Waals surface area contributed by atoms with Gasteiger partial charge in [0.05, 0.1) is 12.7 Å². The third kappa shape index (κ3) is 3.46. The van der Waals surface area contributed by atoms with E-state index in [0.717, 1.165) is 18.4 Å². The van der Waals surface area contributed by atoms with Crippen LogP contribution >= 0.6 is 0 Å². The summed E-state index contributed by atoms with van der Waals surface area (Å²) in [4.78, 5) is 24.4. The molecule has 0 radical (unpaired) electrons. The molecule has 1 aromatic rings. The van der Waals surface area contributed by atoms with Crippen molar-refractivity contribution < 1.29 is 14.7 Å². The number of aliphatic carboxylic acids is 1. The zero-order valence-corrected chi connectivity index (χ0v) is 11.0. The fraction of sp³-hybridized carbons (Fsp3) is 0.583. The lowest BCUT2D eigenvalue weighted by molar-refractivity contribution is -0.139. The topological polar surface area (TPSA) is 87.5 Å². The number of aryl methyl sites for hydroxylation is 1. The number of hydrogen-bond donors (Lipinski definition) is 2. The molecule has 0 bridgehead atoms. The molecule has 0 aliphatic heterocycles. The molecule has 1 heterocycles. The lowest BCUT2D eigenvalue weighted by atomic mass is 10.2. The Morgan fingerprint density at radius 2 is 2.32 bits per heavy atom. The van der Waals surface area contributed by atoms with Crippen molar-refractivity contribution in [2.24, 2.45) is 13.0 Å². The van der Waals surface area contributed by atoms with Gasteiger partial charge in [0.2, 0.25) is 0 Å². The zero-order chi connectivity index (χ0) is 14.0. The molecule has 1 unspecified atom stereocenters. The van der Waals surface area contributed by atoms with Gasteiger partial charge in [-0.15, -0.1) is 0 Å². The van der Waals surface area contributed by atoms with Gasteiger partial charge in [-0.1, -0.05) is 0 Å². The Labute approximate surface area is 111 Å². The highest BCUT2D eigenvalue weighted by Gasteiger charge is 2.37. The SMILES string of the molecule is CN(Cc1cnn(C)c1)C(=O)NC(C(=O)O)C1CC1. The standard InChI is InChI=1S/C12H18N4O3/c1-15(6-8-5-13-16(2)7-8)12(19)14-10(11(17)18)9-3-4-9/h5,7,9-10H,3-4,6H2,1-2H3,(H,14,19)(H,17,18). The van der Waals surface area contributed by atoms with Crippen LogP contribution in [0.5, 0.6) is 0 Å². The first-order chi connectivity index (χ1) is 8.97. The quantitative estimate of drug-likeness (QED) is 0.808. The van der Waals surface area contributed by atoms with Crippen LogP contribution in [0.4, 0.5) is 4.79 Å². The third-order valence-corrected chi connectivity index (χ3v) is 3.16. The fourth-order valence-electron chi connectivity index (χ4n) is 1.95. The van der Waals surface area contributed by atoms with Crippen LogP contribution in [0.25, 0.3) is 0 Å². The van der Waals surface area contributed by atoms with Crippen LogP contribution in [0.3, 0.4) is 0 Å². The molecule has 19 heavy (non-hydrogen) atoms. The molecule has 2 rings (SSSR count). The molecule has 1 fully saturated rings. The lowest BCUT2D eigenvalue weighted by Crippen LogP contribution is -2.47. The molecule has 1 aliphatic carbocycles. The number of carboxylic acids is 1. The number of rotatable bonds is 5. The second-order valence-corrected chi connectivity index (χ2v) is 4.98. The van der Waals surface area contributed by atoms with Crippen LogP contribution in [0.15, 0.2) is 12.4 Å². The predicted molar refractivity (Wildman–Crippen MR) is 67.4 cm³/mol. The molecule has 1 aromatic heterocycles. The number of aromatic nitrogens is 2. The van der Waals surface area contributed by atoms with E-state index < -0.39 is 12.0 Å². The Bertz CT molecular complexity index is 481. The number of amides is 2. The number of carbonyl (C=O) groups excluding carboxylic acids is 1. The van der Waals surface area contributed by atoms with Crippen molar-refractivity contribution in [1.29, 1.82) is 0 Å². The maximum absolute atomic E-state index is 11.9. The molecule has 1 aliphatic rings. The van der Waals surface area contributed by atoms with Crippen LogP contribution in [-0.4, -0.2) is 44.9 Å². The minimum absolute atomic E-state index is 0.0771. The van der Waals surface area contributed by atoms with Crippen molar-refractivity contribution in [2.45, 2.75) is 25.4 Å². The summed E-state index contributed by atoms with van der Waals surface area (Å²) in [6, 6.07) is -1.15. The molecule has 0 saturated heterocycles. The second-order valence-electron chi connectivity index (χ2n) is 4.98. The highest BCUT2D eigenvalue weighted by atomic mass is 16.4. The van der Waals surface area contributed by atoms with Gasteiger partial charge in [-0.2, -0.15) is 5.10 Å². The van der Waals surface area contributed by atoms with Gasteiger partial charge in [0.25, 0.3) is 0 Å². The minimum atomic E-state index is -0.967. The number of nitrogens with zero attached hydrogens (tertiary/aromatic N) is 3. The Balaban J connectivity index is 1.89. The number of carbonyl (C=O) groups is 2. The van der Waals surface area contributed by atoms with Gasteiger partial charge in [0.15, 0.2) is 0 Å². The van der Waals surface area contributed by atoms with Crippen LogP contribution in [0.1, 0.15) is 18.4 Å². The van der Waals surface area contributed by atoms with E-state index in [4.69, 9.17) is 5.11 Å². The monoisotopic (exact) mass is 266 g/mol. The number of nitrogens with one attached hydrogen (secondary N) is 1. The van der Waals surface area contributed by atoms with Crippen molar-refractivity contribution in [3.63, 3.8) is 0 Å². The average molecular weight is 266 g/mol. The van der Waals surface area contributed by atoms with Crippen LogP contribution < -0.4 is 5.32 Å². The molecule has 104 valence electrons. The fourth-order valence-corrected chi connectivity index (χ4v) is 1.95. The van der Waals surface area contributed by atoms with E-state index in [0.29, 0.717) is 6.54 Å². The lowest BCUT2D eigenvalue weighted by Gasteiger charge is -2.20. The van der Waals surface area contributed by atoms with Crippen molar-refractivity contribution in [3.05, 3.63) is 18.0 Å². The van der Waals surface area contributed by atoms with E-state index in [9.17, 15) is 9.59 Å². The van der Waals surface area contributed by atoms with Crippen LogP contribution in [0.2, 0.25) is 0 Å². The molecule has 7 nitrogen and oxygen atoms in total. The summed E-state index contributed by atoms with van der Waals surface area (Å²) < 4.78 is 1.66. The van der Waals surface area contributed by atoms with Crippen LogP contribution in [-0.2, 0) is 18.4 Å². The Hall–Kier alpha value is -2.05. The van der Waals surface area contributed by atoms with Crippen molar-refractivity contribution >= 4 is 12.0 Å². The van der Waals surface area contributed by atoms with E-state index in [1.54, 1.807) is 25.0 Å². The van der Waals surface area contributed by atoms with Gasteiger partial charge in [-0.25, -0.2) is 9.59 Å². The van der Waals surface area contributed by atoms with Gasteiger partial charge in [-0.05, 0) is 18.8 Å². The van der Waals surface area contributed by atoms with E-state index in [2.05, 4.69) is 10.4 Å². The summed E-state index contributed by atoms with van der Waals surface area (Å²) in [5, 5.41) is 15.6. The molecule has 1 saturated carbocycles. The molecule has 0 spiro atoms. The Morgan fingerprint density at radius 1 is 1.63 bits per heavy atom. The first-order valence-corrected chi connectivity index (χ1v) is 6.19.